The molecule has 3 aliphatic carbocycles. The van der Waals surface area contributed by atoms with Gasteiger partial charge >= 0.3 is 5.97 Å². The third kappa shape index (κ3) is 3.68. The van der Waals surface area contributed by atoms with E-state index in [1.54, 1.807) is 0 Å². The zero-order valence-electron chi connectivity index (χ0n) is 15.8. The van der Waals surface area contributed by atoms with Crippen LogP contribution in [0.3, 0.4) is 0 Å². The Hall–Kier alpha value is -0.530. The van der Waals surface area contributed by atoms with Crippen LogP contribution >= 0.6 is 0 Å². The maximum atomic E-state index is 11.3. The van der Waals surface area contributed by atoms with Gasteiger partial charge < -0.3 is 5.11 Å². The van der Waals surface area contributed by atoms with Crippen molar-refractivity contribution in [3.05, 3.63) is 0 Å². The first kappa shape index (κ1) is 18.3. The maximum absolute atomic E-state index is 11.3. The SMILES string of the molecule is CCCCC[C@]12CCCC[C@@H]1CCCC2C1CCC(C(=O)O)CC1. The topological polar surface area (TPSA) is 37.3 Å². The number of hydrogen-bond donors (Lipinski definition) is 1. The number of hydrogen-bond acceptors (Lipinski definition) is 1. The van der Waals surface area contributed by atoms with E-state index in [9.17, 15) is 9.90 Å². The summed E-state index contributed by atoms with van der Waals surface area (Å²) in [6.45, 7) is 2.32. The summed E-state index contributed by atoms with van der Waals surface area (Å²) in [6.07, 6.45) is 20.1. The predicted molar refractivity (Wildman–Crippen MR) is 99.0 cm³/mol. The molecule has 1 unspecified atom stereocenters. The fraction of sp³-hybridized carbons (Fsp3) is 0.955. The first-order chi connectivity index (χ1) is 11.7. The second kappa shape index (κ2) is 8.23. The summed E-state index contributed by atoms with van der Waals surface area (Å²) in [4.78, 5) is 11.3. The van der Waals surface area contributed by atoms with Gasteiger partial charge in [0.25, 0.3) is 0 Å². The minimum atomic E-state index is -0.551. The fourth-order valence-electron chi connectivity index (χ4n) is 6.82. The van der Waals surface area contributed by atoms with E-state index in [0.717, 1.165) is 30.6 Å². The number of rotatable bonds is 6. The van der Waals surface area contributed by atoms with Crippen molar-refractivity contribution in [2.75, 3.05) is 0 Å². The van der Waals surface area contributed by atoms with Crippen LogP contribution in [0.4, 0.5) is 0 Å². The van der Waals surface area contributed by atoms with Gasteiger partial charge in [-0.2, -0.15) is 0 Å². The Morgan fingerprint density at radius 1 is 0.958 bits per heavy atom. The molecule has 0 radical (unpaired) electrons. The molecule has 0 amide bonds. The molecule has 138 valence electrons. The number of carboxylic acids is 1. The average molecular weight is 335 g/mol. The van der Waals surface area contributed by atoms with Gasteiger partial charge in [-0.3, -0.25) is 4.79 Å². The molecule has 3 saturated carbocycles. The highest BCUT2D eigenvalue weighted by molar-refractivity contribution is 5.69. The number of carbonyl (C=O) groups is 1. The second-order valence-electron chi connectivity index (χ2n) is 9.12. The van der Waals surface area contributed by atoms with E-state index in [2.05, 4.69) is 6.92 Å². The third-order valence-electron chi connectivity index (χ3n) is 8.00. The normalized spacial score (nSPS) is 40.0. The molecule has 0 saturated heterocycles. The van der Waals surface area contributed by atoms with Gasteiger partial charge in [-0.1, -0.05) is 45.4 Å². The predicted octanol–water partition coefficient (Wildman–Crippen LogP) is 6.43. The van der Waals surface area contributed by atoms with Gasteiger partial charge in [0.15, 0.2) is 0 Å². The molecule has 2 heteroatoms. The first-order valence-corrected chi connectivity index (χ1v) is 10.9. The Morgan fingerprint density at radius 2 is 1.71 bits per heavy atom. The summed E-state index contributed by atoms with van der Waals surface area (Å²) in [5.74, 6) is 2.11. The minimum Gasteiger partial charge on any atom is -0.481 e. The van der Waals surface area contributed by atoms with E-state index >= 15 is 0 Å². The summed E-state index contributed by atoms with van der Waals surface area (Å²) in [5, 5.41) is 9.32. The third-order valence-corrected chi connectivity index (χ3v) is 8.00. The second-order valence-corrected chi connectivity index (χ2v) is 9.12. The summed E-state index contributed by atoms with van der Waals surface area (Å²) in [6, 6.07) is 0. The van der Waals surface area contributed by atoms with Crippen molar-refractivity contribution in [3.8, 4) is 0 Å². The van der Waals surface area contributed by atoms with Crippen LogP contribution in [0.2, 0.25) is 0 Å². The highest BCUT2D eigenvalue weighted by Crippen LogP contribution is 2.60. The van der Waals surface area contributed by atoms with Crippen LogP contribution in [0, 0.1) is 29.1 Å². The lowest BCUT2D eigenvalue weighted by Crippen LogP contribution is -2.47. The molecule has 0 aromatic rings. The average Bonchev–Trinajstić information content (AvgIpc) is 2.61. The van der Waals surface area contributed by atoms with Crippen molar-refractivity contribution >= 4 is 5.97 Å². The Labute approximate surface area is 148 Å². The molecule has 0 bridgehead atoms. The van der Waals surface area contributed by atoms with Gasteiger partial charge in [-0.15, -0.1) is 0 Å². The lowest BCUT2D eigenvalue weighted by atomic mass is 9.49. The van der Waals surface area contributed by atoms with Gasteiger partial charge in [0.2, 0.25) is 0 Å². The van der Waals surface area contributed by atoms with Crippen LogP contribution in [-0.2, 0) is 4.79 Å². The molecule has 0 aromatic heterocycles. The molecule has 0 aromatic carbocycles. The minimum absolute atomic E-state index is 0.0527. The molecule has 1 N–H and O–H groups in total. The van der Waals surface area contributed by atoms with Crippen LogP contribution in [-0.4, -0.2) is 11.1 Å². The quantitative estimate of drug-likeness (QED) is 0.568. The fourth-order valence-corrected chi connectivity index (χ4v) is 6.82. The molecule has 3 atom stereocenters. The van der Waals surface area contributed by atoms with Gasteiger partial charge in [-0.25, -0.2) is 0 Å². The van der Waals surface area contributed by atoms with E-state index < -0.39 is 5.97 Å². The van der Waals surface area contributed by atoms with Gasteiger partial charge in [0, 0.05) is 0 Å². The van der Waals surface area contributed by atoms with Crippen LogP contribution < -0.4 is 0 Å². The molecule has 0 spiro atoms. The molecule has 3 rings (SSSR count). The number of aliphatic carboxylic acids is 1. The lowest BCUT2D eigenvalue weighted by Gasteiger charge is -2.56. The molecule has 3 aliphatic rings. The molecule has 2 nitrogen and oxygen atoms in total. The van der Waals surface area contributed by atoms with Crippen molar-refractivity contribution in [2.24, 2.45) is 29.1 Å². The van der Waals surface area contributed by atoms with Crippen LogP contribution in [0.5, 0.6) is 0 Å². The van der Waals surface area contributed by atoms with E-state index in [0.29, 0.717) is 5.41 Å². The van der Waals surface area contributed by atoms with Gasteiger partial charge in [0.05, 0.1) is 5.92 Å². The summed E-state index contributed by atoms with van der Waals surface area (Å²) < 4.78 is 0. The van der Waals surface area contributed by atoms with Crippen LogP contribution in [0.25, 0.3) is 0 Å². The summed E-state index contributed by atoms with van der Waals surface area (Å²) in [7, 11) is 0. The standard InChI is InChI=1S/C22H38O2/c1-2-3-5-15-22-16-6-4-8-19(22)9-7-10-20(22)17-11-13-18(14-12-17)21(23)24/h17-20H,2-16H2,1H3,(H,23,24)/t17?,18?,19-,20?,22+/m1/s1. The van der Waals surface area contributed by atoms with Crippen molar-refractivity contribution in [3.63, 3.8) is 0 Å². The zero-order chi connectivity index (χ0) is 17.0. The number of unbranched alkanes of at least 4 members (excludes halogenated alkanes) is 2. The molecule has 0 aliphatic heterocycles. The van der Waals surface area contributed by atoms with E-state index in [4.69, 9.17) is 0 Å². The van der Waals surface area contributed by atoms with E-state index in [1.807, 2.05) is 0 Å². The highest BCUT2D eigenvalue weighted by atomic mass is 16.4. The van der Waals surface area contributed by atoms with Crippen molar-refractivity contribution < 1.29 is 9.90 Å². The lowest BCUT2D eigenvalue weighted by molar-refractivity contribution is -0.143. The first-order valence-electron chi connectivity index (χ1n) is 10.9. The van der Waals surface area contributed by atoms with Crippen molar-refractivity contribution in [1.29, 1.82) is 0 Å². The Kier molecular flexibility index (Phi) is 6.27. The van der Waals surface area contributed by atoms with Gasteiger partial charge in [0.1, 0.15) is 0 Å². The zero-order valence-corrected chi connectivity index (χ0v) is 15.8. The van der Waals surface area contributed by atoms with Crippen LogP contribution in [0.15, 0.2) is 0 Å². The smallest absolute Gasteiger partial charge is 0.306 e. The number of carboxylic acid groups (broad SMARTS) is 1. The Balaban J connectivity index is 1.72. The maximum Gasteiger partial charge on any atom is 0.306 e. The van der Waals surface area contributed by atoms with Crippen molar-refractivity contribution in [1.82, 2.24) is 0 Å². The largest absolute Gasteiger partial charge is 0.481 e. The molecular formula is C22H38O2. The van der Waals surface area contributed by atoms with Crippen molar-refractivity contribution in [2.45, 2.75) is 103 Å². The number of fused-ring (bicyclic) bond motifs is 1. The molecule has 24 heavy (non-hydrogen) atoms. The Bertz CT molecular complexity index is 408. The molecule has 0 heterocycles. The molecular weight excluding hydrogens is 296 g/mol. The summed E-state index contributed by atoms with van der Waals surface area (Å²) >= 11 is 0. The summed E-state index contributed by atoms with van der Waals surface area (Å²) in [5.41, 5.74) is 0.631. The van der Waals surface area contributed by atoms with E-state index in [-0.39, 0.29) is 5.92 Å². The Morgan fingerprint density at radius 3 is 2.42 bits per heavy atom. The van der Waals surface area contributed by atoms with Gasteiger partial charge in [-0.05, 0) is 81.0 Å². The van der Waals surface area contributed by atoms with E-state index in [1.165, 1.54) is 83.5 Å². The van der Waals surface area contributed by atoms with Crippen LogP contribution in [0.1, 0.15) is 103 Å². The molecule has 3 fully saturated rings. The highest BCUT2D eigenvalue weighted by Gasteiger charge is 2.50. The monoisotopic (exact) mass is 334 g/mol.